The van der Waals surface area contributed by atoms with Gasteiger partial charge in [0.05, 0.1) is 26.4 Å². The number of benzene rings is 3. The van der Waals surface area contributed by atoms with Gasteiger partial charge in [0, 0.05) is 12.4 Å². The smallest absolute Gasteiger partial charge is 0.407 e. The molecule has 2 N–H and O–H groups in total. The quantitative estimate of drug-likeness (QED) is 0.161. The molecule has 5 rings (SSSR count). The van der Waals surface area contributed by atoms with Gasteiger partial charge in [-0.1, -0.05) is 93.0 Å². The molecule has 5 nitrogen and oxygen atoms in total. The number of thioether (sulfide) groups is 1. The van der Waals surface area contributed by atoms with Crippen LogP contribution in [0.15, 0.2) is 81.2 Å². The Bertz CT molecular complexity index is 1640. The highest BCUT2D eigenvalue weighted by Gasteiger charge is 2.51. The number of alkyl halides is 3. The molecular weight excluding hydrogens is 601 g/mol. The zero-order valence-electron chi connectivity index (χ0n) is 23.5. The minimum Gasteiger partial charge on any atom is -0.407 e. The van der Waals surface area contributed by atoms with Crippen LogP contribution in [0.2, 0.25) is 10.1 Å². The van der Waals surface area contributed by atoms with E-state index >= 15 is 0 Å². The molecule has 1 aromatic heterocycles. The van der Waals surface area contributed by atoms with Crippen molar-refractivity contribution < 1.29 is 17.6 Å². The largest absolute Gasteiger partial charge is 0.417 e. The first-order chi connectivity index (χ1) is 19.8. The summed E-state index contributed by atoms with van der Waals surface area (Å²) in [6.07, 6.45) is -2.77. The number of hydrogen-bond acceptors (Lipinski definition) is 4. The van der Waals surface area contributed by atoms with Gasteiger partial charge in [0.15, 0.2) is 0 Å². The van der Waals surface area contributed by atoms with Crippen molar-refractivity contribution in [1.82, 2.24) is 9.97 Å². The van der Waals surface area contributed by atoms with Crippen LogP contribution in [0, 0.1) is 11.8 Å². The summed E-state index contributed by atoms with van der Waals surface area (Å²) in [6.45, 7) is 7.00. The van der Waals surface area contributed by atoms with Crippen LogP contribution in [-0.4, -0.2) is 30.6 Å². The van der Waals surface area contributed by atoms with E-state index in [2.05, 4.69) is 50.0 Å². The molecule has 0 bridgehead atoms. The molecule has 1 atom stereocenters. The first-order valence-electron chi connectivity index (χ1n) is 13.8. The van der Waals surface area contributed by atoms with E-state index in [1.165, 1.54) is 0 Å². The Labute approximate surface area is 252 Å². The van der Waals surface area contributed by atoms with E-state index < -0.39 is 36.3 Å². The van der Waals surface area contributed by atoms with Crippen LogP contribution >= 0.6 is 23.4 Å². The molecule has 1 saturated carbocycles. The first-order valence-corrected chi connectivity index (χ1v) is 17.0. The summed E-state index contributed by atoms with van der Waals surface area (Å²) < 4.78 is 48.8. The molecular formula is C31H32ClF3N2O3SSi. The van der Waals surface area contributed by atoms with Crippen molar-refractivity contribution in [1.29, 1.82) is 0 Å². The van der Waals surface area contributed by atoms with Gasteiger partial charge in [0.1, 0.15) is 0 Å². The molecule has 4 aromatic rings. The van der Waals surface area contributed by atoms with Gasteiger partial charge in [-0.15, -0.1) is 11.8 Å². The molecule has 1 aliphatic rings. The highest BCUT2D eigenvalue weighted by atomic mass is 35.5. The lowest BCUT2D eigenvalue weighted by molar-refractivity contribution is -0.137. The zero-order valence-corrected chi connectivity index (χ0v) is 26.1. The van der Waals surface area contributed by atoms with Gasteiger partial charge in [0.25, 0.3) is 13.9 Å². The Morgan fingerprint density at radius 2 is 1.55 bits per heavy atom. The number of nitrogens with one attached hydrogen (secondary N) is 2. The van der Waals surface area contributed by atoms with Gasteiger partial charge < -0.3 is 9.41 Å². The third-order valence-electron chi connectivity index (χ3n) is 7.90. The number of H-pyrrole nitrogens is 2. The summed E-state index contributed by atoms with van der Waals surface area (Å²) >= 11 is 7.46. The van der Waals surface area contributed by atoms with Crippen molar-refractivity contribution in [3.05, 3.63) is 98.2 Å². The van der Waals surface area contributed by atoms with Crippen molar-refractivity contribution in [3.8, 4) is 0 Å². The number of hydrogen-bond donors (Lipinski definition) is 2. The van der Waals surface area contributed by atoms with E-state index in [0.717, 1.165) is 35.0 Å². The van der Waals surface area contributed by atoms with Crippen molar-refractivity contribution >= 4 is 53.0 Å². The number of aromatic amines is 2. The average Bonchev–Trinajstić information content (AvgIpc) is 3.77. The van der Waals surface area contributed by atoms with Crippen molar-refractivity contribution in [3.63, 3.8) is 0 Å². The third kappa shape index (κ3) is 5.99. The Morgan fingerprint density at radius 1 is 0.976 bits per heavy atom. The van der Waals surface area contributed by atoms with Crippen LogP contribution in [0.25, 0.3) is 10.9 Å². The summed E-state index contributed by atoms with van der Waals surface area (Å²) in [5.41, 5.74) is -2.80. The van der Waals surface area contributed by atoms with Gasteiger partial charge in [-0.05, 0) is 46.2 Å². The Balaban J connectivity index is 1.52. The zero-order chi connectivity index (χ0) is 30.3. The molecule has 0 saturated heterocycles. The minimum absolute atomic E-state index is 0.00852. The summed E-state index contributed by atoms with van der Waals surface area (Å²) in [5.74, 6) is 0.786. The SMILES string of the molecule is CC(C)(C)[Si](OCC(CSc1c(Cl)c(C(F)(F)F)cc2c(=O)[nH]c(=O)[nH]c12)C1CC1)(c1ccccc1)c1ccccc1. The molecule has 42 heavy (non-hydrogen) atoms. The minimum atomic E-state index is -4.77. The second-order valence-electron chi connectivity index (χ2n) is 11.8. The second-order valence-corrected chi connectivity index (χ2v) is 17.5. The molecule has 1 aliphatic carbocycles. The number of aromatic nitrogens is 2. The van der Waals surface area contributed by atoms with Gasteiger partial charge in [-0.3, -0.25) is 9.78 Å². The lowest BCUT2D eigenvalue weighted by Crippen LogP contribution is -2.67. The molecule has 222 valence electrons. The van der Waals surface area contributed by atoms with E-state index in [1.807, 2.05) is 41.4 Å². The van der Waals surface area contributed by atoms with E-state index in [-0.39, 0.29) is 26.8 Å². The molecule has 1 heterocycles. The lowest BCUT2D eigenvalue weighted by Gasteiger charge is -2.43. The van der Waals surface area contributed by atoms with Gasteiger partial charge >= 0.3 is 11.9 Å². The number of halogens is 4. The maximum atomic E-state index is 13.9. The second kappa shape index (κ2) is 11.7. The lowest BCUT2D eigenvalue weighted by atomic mass is 10.1. The van der Waals surface area contributed by atoms with E-state index in [9.17, 15) is 22.8 Å². The number of fused-ring (bicyclic) bond motifs is 1. The summed E-state index contributed by atoms with van der Waals surface area (Å²) in [7, 11) is -2.82. The molecule has 11 heteroatoms. The molecule has 0 aliphatic heterocycles. The Morgan fingerprint density at radius 3 is 2.05 bits per heavy atom. The number of rotatable bonds is 9. The fourth-order valence-corrected chi connectivity index (χ4v) is 12.0. The fraction of sp³-hybridized carbons (Fsp3) is 0.355. The third-order valence-corrected chi connectivity index (χ3v) is 14.7. The molecule has 3 aromatic carbocycles. The topological polar surface area (TPSA) is 75.0 Å². The van der Waals surface area contributed by atoms with E-state index in [4.69, 9.17) is 16.0 Å². The highest BCUT2D eigenvalue weighted by Crippen LogP contribution is 2.46. The molecule has 0 radical (unpaired) electrons. The Kier molecular flexibility index (Phi) is 8.55. The van der Waals surface area contributed by atoms with Crippen LogP contribution < -0.4 is 21.6 Å². The molecule has 1 unspecified atom stereocenters. The van der Waals surface area contributed by atoms with Crippen LogP contribution in [-0.2, 0) is 10.6 Å². The Hall–Kier alpha value is -2.79. The maximum absolute atomic E-state index is 13.9. The molecule has 0 amide bonds. The van der Waals surface area contributed by atoms with E-state index in [0.29, 0.717) is 24.3 Å². The predicted octanol–water partition coefficient (Wildman–Crippen LogP) is 6.58. The summed E-state index contributed by atoms with van der Waals surface area (Å²) in [6, 6.07) is 21.2. The van der Waals surface area contributed by atoms with Crippen LogP contribution in [0.5, 0.6) is 0 Å². The van der Waals surface area contributed by atoms with Crippen LogP contribution in [0.3, 0.4) is 0 Å². The van der Waals surface area contributed by atoms with E-state index in [1.54, 1.807) is 0 Å². The monoisotopic (exact) mass is 632 g/mol. The van der Waals surface area contributed by atoms with Crippen molar-refractivity contribution in [2.24, 2.45) is 11.8 Å². The maximum Gasteiger partial charge on any atom is 0.417 e. The first kappa shape index (κ1) is 30.7. The standard InChI is InChI=1S/C31H32ClF3N2O3SSi/c1-30(2,3)42(21-10-6-4-7-11-21,22-12-8-5-9-13-22)40-17-20(19-14-15-19)18-41-27-25(32)24(31(33,34)35)16-23-26(27)36-29(39)37-28(23)38/h4-13,16,19-20H,14-15,17-18H2,1-3H3,(H2,36,37,38,39). The molecule has 1 fully saturated rings. The average molecular weight is 633 g/mol. The van der Waals surface area contributed by atoms with Crippen molar-refractivity contribution in [2.45, 2.75) is 49.7 Å². The predicted molar refractivity (Wildman–Crippen MR) is 166 cm³/mol. The normalized spacial score (nSPS) is 15.2. The van der Waals surface area contributed by atoms with Crippen LogP contribution in [0.1, 0.15) is 39.2 Å². The van der Waals surface area contributed by atoms with Gasteiger partial charge in [0.2, 0.25) is 0 Å². The van der Waals surface area contributed by atoms with Gasteiger partial charge in [-0.25, -0.2) is 4.79 Å². The van der Waals surface area contributed by atoms with Crippen LogP contribution in [0.4, 0.5) is 13.2 Å². The highest BCUT2D eigenvalue weighted by molar-refractivity contribution is 7.99. The summed E-state index contributed by atoms with van der Waals surface area (Å²) in [4.78, 5) is 29.1. The van der Waals surface area contributed by atoms with Gasteiger partial charge in [-0.2, -0.15) is 13.2 Å². The molecule has 0 spiro atoms. The summed E-state index contributed by atoms with van der Waals surface area (Å²) in [5, 5.41) is 1.28. The van der Waals surface area contributed by atoms with Crippen molar-refractivity contribution in [2.75, 3.05) is 12.4 Å². The fourth-order valence-electron chi connectivity index (χ4n) is 5.67.